The van der Waals surface area contributed by atoms with Gasteiger partial charge in [0.05, 0.1) is 5.60 Å². The maximum atomic E-state index is 10.4. The molecule has 1 aliphatic rings. The van der Waals surface area contributed by atoms with Gasteiger partial charge in [-0.3, -0.25) is 0 Å². The van der Waals surface area contributed by atoms with Crippen molar-refractivity contribution in [3.05, 3.63) is 29.8 Å². The molecule has 0 amide bonds. The fourth-order valence-corrected chi connectivity index (χ4v) is 2.61. The van der Waals surface area contributed by atoms with Crippen LogP contribution in [0.25, 0.3) is 0 Å². The van der Waals surface area contributed by atoms with E-state index < -0.39 is 5.60 Å². The number of β-amino-alcohol motifs (C(OH)–C–C–N with tert-alkyl or cyclic N) is 1. The van der Waals surface area contributed by atoms with E-state index in [2.05, 4.69) is 55.3 Å². The summed E-state index contributed by atoms with van der Waals surface area (Å²) in [5.41, 5.74) is 1.85. The Hall–Kier alpha value is -1.06. The van der Waals surface area contributed by atoms with Gasteiger partial charge in [0.1, 0.15) is 0 Å². The van der Waals surface area contributed by atoms with Gasteiger partial charge in [0.15, 0.2) is 0 Å². The van der Waals surface area contributed by atoms with Gasteiger partial charge in [-0.05, 0) is 44.9 Å². The summed E-state index contributed by atoms with van der Waals surface area (Å²) in [6, 6.07) is 8.68. The Kier molecular flexibility index (Phi) is 3.88. The van der Waals surface area contributed by atoms with E-state index in [-0.39, 0.29) is 5.54 Å². The van der Waals surface area contributed by atoms with Crippen LogP contribution in [0.2, 0.25) is 0 Å². The summed E-state index contributed by atoms with van der Waals surface area (Å²) >= 11 is 0. The first kappa shape index (κ1) is 14.4. The highest BCUT2D eigenvalue weighted by molar-refractivity contribution is 5.49. The standard InChI is InChI=1S/C16H26N2O/c1-5-13-6-8-14(9-7-13)18-11-15(2,3)17-10-16(4,19)12-18/h6-9,17,19H,5,10-12H2,1-4H3. The van der Waals surface area contributed by atoms with Gasteiger partial charge >= 0.3 is 0 Å². The summed E-state index contributed by atoms with van der Waals surface area (Å²) in [7, 11) is 0. The van der Waals surface area contributed by atoms with Gasteiger partial charge in [0.2, 0.25) is 0 Å². The van der Waals surface area contributed by atoms with Crippen LogP contribution in [0.15, 0.2) is 24.3 Å². The molecule has 19 heavy (non-hydrogen) atoms. The van der Waals surface area contributed by atoms with Crippen molar-refractivity contribution >= 4 is 5.69 Å². The molecule has 1 saturated heterocycles. The quantitative estimate of drug-likeness (QED) is 0.857. The summed E-state index contributed by atoms with van der Waals surface area (Å²) in [5, 5.41) is 13.9. The summed E-state index contributed by atoms with van der Waals surface area (Å²) in [6.45, 7) is 10.6. The lowest BCUT2D eigenvalue weighted by molar-refractivity contribution is 0.0696. The lowest BCUT2D eigenvalue weighted by Crippen LogP contribution is -2.47. The summed E-state index contributed by atoms with van der Waals surface area (Å²) in [4.78, 5) is 2.28. The Morgan fingerprint density at radius 1 is 1.16 bits per heavy atom. The van der Waals surface area contributed by atoms with E-state index in [1.807, 2.05) is 6.92 Å². The molecule has 0 saturated carbocycles. The van der Waals surface area contributed by atoms with E-state index in [1.54, 1.807) is 0 Å². The number of rotatable bonds is 2. The number of nitrogens with one attached hydrogen (secondary N) is 1. The average molecular weight is 262 g/mol. The van der Waals surface area contributed by atoms with Gasteiger partial charge in [-0.2, -0.15) is 0 Å². The van der Waals surface area contributed by atoms with Crippen LogP contribution < -0.4 is 10.2 Å². The van der Waals surface area contributed by atoms with Crippen molar-refractivity contribution in [3.63, 3.8) is 0 Å². The number of aryl methyl sites for hydroxylation is 1. The maximum absolute atomic E-state index is 10.4. The van der Waals surface area contributed by atoms with Crippen molar-refractivity contribution in [3.8, 4) is 0 Å². The number of hydrogen-bond acceptors (Lipinski definition) is 3. The van der Waals surface area contributed by atoms with E-state index >= 15 is 0 Å². The normalized spacial score (nSPS) is 27.1. The number of benzene rings is 1. The van der Waals surface area contributed by atoms with Crippen molar-refractivity contribution in [2.24, 2.45) is 0 Å². The number of anilines is 1. The van der Waals surface area contributed by atoms with Crippen molar-refractivity contribution in [2.45, 2.75) is 45.3 Å². The first-order valence-electron chi connectivity index (χ1n) is 7.13. The van der Waals surface area contributed by atoms with Crippen molar-refractivity contribution in [2.75, 3.05) is 24.5 Å². The van der Waals surface area contributed by atoms with Gasteiger partial charge in [-0.25, -0.2) is 0 Å². The van der Waals surface area contributed by atoms with Gasteiger partial charge in [-0.15, -0.1) is 0 Å². The van der Waals surface area contributed by atoms with Crippen LogP contribution in [0.5, 0.6) is 0 Å². The molecule has 0 bridgehead atoms. The molecule has 1 aliphatic heterocycles. The van der Waals surface area contributed by atoms with Crippen LogP contribution in [0.1, 0.15) is 33.3 Å². The van der Waals surface area contributed by atoms with Crippen molar-refractivity contribution < 1.29 is 5.11 Å². The number of aliphatic hydroxyl groups is 1. The zero-order valence-corrected chi connectivity index (χ0v) is 12.5. The smallest absolute Gasteiger partial charge is 0.0917 e. The molecule has 0 spiro atoms. The van der Waals surface area contributed by atoms with Gasteiger partial charge < -0.3 is 15.3 Å². The van der Waals surface area contributed by atoms with Crippen LogP contribution in [0.3, 0.4) is 0 Å². The Labute approximate surface area is 116 Å². The largest absolute Gasteiger partial charge is 0.387 e. The minimum Gasteiger partial charge on any atom is -0.387 e. The zero-order chi connectivity index (χ0) is 14.1. The third-order valence-electron chi connectivity index (χ3n) is 3.78. The predicted octanol–water partition coefficient (Wildman–Crippen LogP) is 2.19. The lowest BCUT2D eigenvalue weighted by atomic mass is 10.0. The molecule has 0 radical (unpaired) electrons. The fourth-order valence-electron chi connectivity index (χ4n) is 2.61. The van der Waals surface area contributed by atoms with Crippen LogP contribution >= 0.6 is 0 Å². The molecule has 3 heteroatoms. The molecular formula is C16H26N2O. The predicted molar refractivity (Wildman–Crippen MR) is 80.7 cm³/mol. The molecule has 1 aromatic rings. The van der Waals surface area contributed by atoms with Crippen molar-refractivity contribution in [1.29, 1.82) is 0 Å². The minimum absolute atomic E-state index is 0.00389. The van der Waals surface area contributed by atoms with E-state index in [9.17, 15) is 5.11 Å². The monoisotopic (exact) mass is 262 g/mol. The van der Waals surface area contributed by atoms with Crippen LogP contribution in [-0.4, -0.2) is 35.9 Å². The van der Waals surface area contributed by atoms with Crippen LogP contribution in [0.4, 0.5) is 5.69 Å². The molecule has 1 atom stereocenters. The molecule has 2 rings (SSSR count). The highest BCUT2D eigenvalue weighted by atomic mass is 16.3. The molecule has 1 unspecified atom stereocenters. The molecule has 0 aliphatic carbocycles. The summed E-state index contributed by atoms with van der Waals surface area (Å²) in [5.74, 6) is 0. The molecule has 1 aromatic carbocycles. The van der Waals surface area contributed by atoms with E-state index in [0.717, 1.165) is 13.0 Å². The van der Waals surface area contributed by atoms with Gasteiger partial charge in [0, 0.05) is 30.9 Å². The van der Waals surface area contributed by atoms with Gasteiger partial charge in [-0.1, -0.05) is 19.1 Å². The third kappa shape index (κ3) is 3.71. The van der Waals surface area contributed by atoms with E-state index in [0.29, 0.717) is 13.1 Å². The average Bonchev–Trinajstić information content (AvgIpc) is 2.46. The Morgan fingerprint density at radius 3 is 2.37 bits per heavy atom. The van der Waals surface area contributed by atoms with E-state index in [1.165, 1.54) is 11.3 Å². The van der Waals surface area contributed by atoms with Gasteiger partial charge in [0.25, 0.3) is 0 Å². The first-order chi connectivity index (χ1) is 8.81. The molecule has 106 valence electrons. The van der Waals surface area contributed by atoms with Crippen LogP contribution in [0, 0.1) is 0 Å². The first-order valence-corrected chi connectivity index (χ1v) is 7.13. The Morgan fingerprint density at radius 2 is 1.79 bits per heavy atom. The lowest BCUT2D eigenvalue weighted by Gasteiger charge is -2.32. The number of hydrogen-bond donors (Lipinski definition) is 2. The summed E-state index contributed by atoms with van der Waals surface area (Å²) < 4.78 is 0. The van der Waals surface area contributed by atoms with Crippen LogP contribution in [-0.2, 0) is 6.42 Å². The second kappa shape index (κ2) is 5.14. The highest BCUT2D eigenvalue weighted by Crippen LogP contribution is 2.23. The summed E-state index contributed by atoms with van der Waals surface area (Å²) in [6.07, 6.45) is 1.06. The molecule has 1 fully saturated rings. The second-order valence-corrected chi connectivity index (χ2v) is 6.61. The SMILES string of the molecule is CCc1ccc(N2CC(C)(O)CNC(C)(C)C2)cc1. The minimum atomic E-state index is -0.697. The second-order valence-electron chi connectivity index (χ2n) is 6.61. The molecular weight excluding hydrogens is 236 g/mol. The molecule has 0 aromatic heterocycles. The Balaban J connectivity index is 2.24. The Bertz CT molecular complexity index is 405. The third-order valence-corrected chi connectivity index (χ3v) is 3.78. The maximum Gasteiger partial charge on any atom is 0.0917 e. The highest BCUT2D eigenvalue weighted by Gasteiger charge is 2.33. The topological polar surface area (TPSA) is 35.5 Å². The zero-order valence-electron chi connectivity index (χ0n) is 12.5. The molecule has 1 heterocycles. The molecule has 2 N–H and O–H groups in total. The van der Waals surface area contributed by atoms with Crippen molar-refractivity contribution in [1.82, 2.24) is 5.32 Å². The molecule has 3 nitrogen and oxygen atoms in total. The van der Waals surface area contributed by atoms with E-state index in [4.69, 9.17) is 0 Å². The number of nitrogens with zero attached hydrogens (tertiary/aromatic N) is 1. The fraction of sp³-hybridized carbons (Fsp3) is 0.625.